The van der Waals surface area contributed by atoms with Gasteiger partial charge in [0.15, 0.2) is 0 Å². The fourth-order valence-electron chi connectivity index (χ4n) is 2.41. The van der Waals surface area contributed by atoms with Crippen molar-refractivity contribution in [3.63, 3.8) is 0 Å². The number of benzene rings is 3. The van der Waals surface area contributed by atoms with E-state index in [1.807, 2.05) is 0 Å². The molecule has 0 radical (unpaired) electrons. The summed E-state index contributed by atoms with van der Waals surface area (Å²) in [6.07, 6.45) is 0. The number of hydrogen-bond acceptors (Lipinski definition) is 3. The highest BCUT2D eigenvalue weighted by molar-refractivity contribution is 7.92. The second-order valence-corrected chi connectivity index (χ2v) is 8.15. The third kappa shape index (κ3) is 4.44. The Labute approximate surface area is 171 Å². The van der Waals surface area contributed by atoms with Crippen LogP contribution in [0.1, 0.15) is 10.4 Å². The Morgan fingerprint density at radius 3 is 2.29 bits per heavy atom. The van der Waals surface area contributed by atoms with Crippen LogP contribution >= 0.6 is 23.2 Å². The van der Waals surface area contributed by atoms with Crippen molar-refractivity contribution < 1.29 is 17.6 Å². The van der Waals surface area contributed by atoms with E-state index in [9.17, 15) is 17.6 Å². The van der Waals surface area contributed by atoms with Crippen LogP contribution in [0, 0.1) is 5.82 Å². The van der Waals surface area contributed by atoms with Crippen molar-refractivity contribution in [2.75, 3.05) is 10.0 Å². The van der Waals surface area contributed by atoms with Gasteiger partial charge in [-0.25, -0.2) is 12.8 Å². The first kappa shape index (κ1) is 20.1. The molecule has 0 saturated carbocycles. The lowest BCUT2D eigenvalue weighted by Gasteiger charge is -2.15. The second kappa shape index (κ2) is 8.18. The van der Waals surface area contributed by atoms with Crippen molar-refractivity contribution in [3.8, 4) is 0 Å². The molecule has 0 atom stereocenters. The van der Waals surface area contributed by atoms with Crippen molar-refractivity contribution >= 4 is 50.5 Å². The molecule has 0 aliphatic carbocycles. The molecular formula is C19H13Cl2FN2O3S. The zero-order valence-corrected chi connectivity index (χ0v) is 16.4. The molecule has 0 bridgehead atoms. The molecule has 1 amide bonds. The SMILES string of the molecule is O=C(Nc1cc(Cl)ccc1NS(=O)(=O)c1ccccc1F)c1ccccc1Cl. The fraction of sp³-hybridized carbons (Fsp3) is 0. The minimum Gasteiger partial charge on any atom is -0.320 e. The van der Waals surface area contributed by atoms with Crippen LogP contribution in [-0.2, 0) is 10.0 Å². The maximum atomic E-state index is 13.9. The lowest BCUT2D eigenvalue weighted by atomic mass is 10.2. The van der Waals surface area contributed by atoms with Gasteiger partial charge in [-0.05, 0) is 42.5 Å². The molecule has 2 N–H and O–H groups in total. The van der Waals surface area contributed by atoms with E-state index < -0.39 is 26.6 Å². The predicted octanol–water partition coefficient (Wildman–Crippen LogP) is 5.19. The van der Waals surface area contributed by atoms with E-state index in [4.69, 9.17) is 23.2 Å². The highest BCUT2D eigenvalue weighted by Crippen LogP contribution is 2.29. The standard InChI is InChI=1S/C19H13Cl2FN2O3S/c20-12-9-10-16(24-28(26,27)18-8-4-3-7-15(18)22)17(11-12)23-19(25)13-5-1-2-6-14(13)21/h1-11,24H,(H,23,25). The van der Waals surface area contributed by atoms with E-state index in [-0.39, 0.29) is 27.0 Å². The zero-order chi connectivity index (χ0) is 20.3. The lowest BCUT2D eigenvalue weighted by molar-refractivity contribution is 0.102. The first-order valence-corrected chi connectivity index (χ1v) is 10.1. The van der Waals surface area contributed by atoms with Crippen LogP contribution in [-0.4, -0.2) is 14.3 Å². The Kier molecular flexibility index (Phi) is 5.88. The molecule has 0 aliphatic heterocycles. The molecular weight excluding hydrogens is 426 g/mol. The van der Waals surface area contributed by atoms with Gasteiger partial charge in [0.2, 0.25) is 0 Å². The van der Waals surface area contributed by atoms with E-state index in [0.29, 0.717) is 0 Å². The van der Waals surface area contributed by atoms with Crippen molar-refractivity contribution in [2.24, 2.45) is 0 Å². The minimum absolute atomic E-state index is 0.0213. The molecule has 3 rings (SSSR count). The summed E-state index contributed by atoms with van der Waals surface area (Å²) in [7, 11) is -4.23. The van der Waals surface area contributed by atoms with Gasteiger partial charge in [0.1, 0.15) is 10.7 Å². The van der Waals surface area contributed by atoms with Gasteiger partial charge in [-0.15, -0.1) is 0 Å². The molecule has 0 spiro atoms. The van der Waals surface area contributed by atoms with Gasteiger partial charge in [-0.1, -0.05) is 47.5 Å². The molecule has 5 nitrogen and oxygen atoms in total. The fourth-order valence-corrected chi connectivity index (χ4v) is 3.96. The van der Waals surface area contributed by atoms with E-state index >= 15 is 0 Å². The summed E-state index contributed by atoms with van der Waals surface area (Å²) in [6, 6.07) is 15.5. The number of rotatable bonds is 5. The Balaban J connectivity index is 1.95. The summed E-state index contributed by atoms with van der Waals surface area (Å²) < 4.78 is 41.3. The number of sulfonamides is 1. The van der Waals surface area contributed by atoms with Crippen molar-refractivity contribution in [1.29, 1.82) is 0 Å². The molecule has 3 aromatic rings. The molecule has 0 fully saturated rings. The monoisotopic (exact) mass is 438 g/mol. The predicted molar refractivity (Wildman–Crippen MR) is 108 cm³/mol. The van der Waals surface area contributed by atoms with Gasteiger partial charge in [-0.2, -0.15) is 0 Å². The van der Waals surface area contributed by atoms with Gasteiger partial charge in [0.05, 0.1) is 22.0 Å². The van der Waals surface area contributed by atoms with Crippen LogP contribution in [0.25, 0.3) is 0 Å². The molecule has 144 valence electrons. The number of carbonyl (C=O) groups is 1. The quantitative estimate of drug-likeness (QED) is 0.575. The molecule has 0 heterocycles. The summed E-state index contributed by atoms with van der Waals surface area (Å²) >= 11 is 12.0. The van der Waals surface area contributed by atoms with Crippen molar-refractivity contribution in [2.45, 2.75) is 4.90 Å². The topological polar surface area (TPSA) is 75.3 Å². The van der Waals surface area contributed by atoms with E-state index in [1.165, 1.54) is 36.4 Å². The molecule has 0 aromatic heterocycles. The lowest BCUT2D eigenvalue weighted by Crippen LogP contribution is -2.18. The van der Waals surface area contributed by atoms with Gasteiger partial charge < -0.3 is 5.32 Å². The normalized spacial score (nSPS) is 11.1. The molecule has 0 saturated heterocycles. The number of halogens is 3. The molecule has 9 heteroatoms. The van der Waals surface area contributed by atoms with Crippen LogP contribution in [0.5, 0.6) is 0 Å². The van der Waals surface area contributed by atoms with E-state index in [2.05, 4.69) is 10.0 Å². The third-order valence-electron chi connectivity index (χ3n) is 3.72. The van der Waals surface area contributed by atoms with Gasteiger partial charge in [0, 0.05) is 5.02 Å². The highest BCUT2D eigenvalue weighted by atomic mass is 35.5. The summed E-state index contributed by atoms with van der Waals surface area (Å²) in [6.45, 7) is 0. The van der Waals surface area contributed by atoms with E-state index in [0.717, 1.165) is 12.1 Å². The summed E-state index contributed by atoms with van der Waals surface area (Å²) in [5.74, 6) is -1.45. The number of nitrogens with one attached hydrogen (secondary N) is 2. The third-order valence-corrected chi connectivity index (χ3v) is 5.68. The Bertz CT molecular complexity index is 1150. The summed E-state index contributed by atoms with van der Waals surface area (Å²) in [5.41, 5.74) is 0.317. The van der Waals surface area contributed by atoms with Crippen molar-refractivity contribution in [3.05, 3.63) is 88.2 Å². The first-order valence-electron chi connectivity index (χ1n) is 7.91. The van der Waals surface area contributed by atoms with Crippen molar-refractivity contribution in [1.82, 2.24) is 0 Å². The highest BCUT2D eigenvalue weighted by Gasteiger charge is 2.21. The Hall–Kier alpha value is -2.61. The Morgan fingerprint density at radius 2 is 1.57 bits per heavy atom. The maximum absolute atomic E-state index is 13.9. The summed E-state index contributed by atoms with van der Waals surface area (Å²) in [4.78, 5) is 12.0. The maximum Gasteiger partial charge on any atom is 0.264 e. The van der Waals surface area contributed by atoms with Gasteiger partial charge >= 0.3 is 0 Å². The first-order chi connectivity index (χ1) is 13.3. The van der Waals surface area contributed by atoms with Crippen LogP contribution in [0.3, 0.4) is 0 Å². The van der Waals surface area contributed by atoms with Gasteiger partial charge in [-0.3, -0.25) is 9.52 Å². The zero-order valence-electron chi connectivity index (χ0n) is 14.1. The van der Waals surface area contributed by atoms with Crippen LogP contribution in [0.15, 0.2) is 71.6 Å². The minimum atomic E-state index is -4.23. The number of carbonyl (C=O) groups excluding carboxylic acids is 1. The number of anilines is 2. The van der Waals surface area contributed by atoms with Crippen LogP contribution in [0.2, 0.25) is 10.0 Å². The molecule has 0 aliphatic rings. The largest absolute Gasteiger partial charge is 0.320 e. The second-order valence-electron chi connectivity index (χ2n) is 5.66. The van der Waals surface area contributed by atoms with Crippen LogP contribution in [0.4, 0.5) is 15.8 Å². The molecule has 0 unspecified atom stereocenters. The Morgan fingerprint density at radius 1 is 0.893 bits per heavy atom. The average Bonchev–Trinajstić information content (AvgIpc) is 2.64. The van der Waals surface area contributed by atoms with E-state index in [1.54, 1.807) is 18.2 Å². The average molecular weight is 439 g/mol. The van der Waals surface area contributed by atoms with Gasteiger partial charge in [0.25, 0.3) is 15.9 Å². The van der Waals surface area contributed by atoms with Crippen LogP contribution < -0.4 is 10.0 Å². The molecule has 28 heavy (non-hydrogen) atoms. The number of hydrogen-bond donors (Lipinski definition) is 2. The molecule has 3 aromatic carbocycles. The number of amides is 1. The smallest absolute Gasteiger partial charge is 0.264 e. The summed E-state index contributed by atoms with van der Waals surface area (Å²) in [5, 5.41) is 3.07.